The van der Waals surface area contributed by atoms with Gasteiger partial charge < -0.3 is 15.5 Å². The molecular weight excluding hydrogens is 364 g/mol. The highest BCUT2D eigenvalue weighted by atomic mass is 32.2. The highest BCUT2D eigenvalue weighted by molar-refractivity contribution is 7.92. The van der Waals surface area contributed by atoms with Crippen LogP contribution in [0.15, 0.2) is 47.4 Å². The quantitative estimate of drug-likeness (QED) is 0.750. The molecule has 0 spiro atoms. The van der Waals surface area contributed by atoms with E-state index in [1.165, 1.54) is 0 Å². The maximum absolute atomic E-state index is 12.7. The summed E-state index contributed by atoms with van der Waals surface area (Å²) in [5, 5.41) is 6.23. The van der Waals surface area contributed by atoms with Crippen molar-refractivity contribution < 1.29 is 13.2 Å². The average molecular weight is 386 g/mol. The number of benzene rings is 2. The third-order valence-electron chi connectivity index (χ3n) is 4.90. The van der Waals surface area contributed by atoms with Crippen molar-refractivity contribution in [3.63, 3.8) is 0 Å². The Morgan fingerprint density at radius 2 is 2.04 bits per heavy atom. The summed E-state index contributed by atoms with van der Waals surface area (Å²) in [5.41, 5.74) is 2.85. The van der Waals surface area contributed by atoms with E-state index in [0.29, 0.717) is 17.8 Å². The predicted octanol–water partition coefficient (Wildman–Crippen LogP) is 1.92. The maximum atomic E-state index is 12.7. The summed E-state index contributed by atoms with van der Waals surface area (Å²) >= 11 is 0. The Morgan fingerprint density at radius 1 is 1.19 bits per heavy atom. The molecule has 1 fully saturated rings. The van der Waals surface area contributed by atoms with Gasteiger partial charge in [0.1, 0.15) is 0 Å². The van der Waals surface area contributed by atoms with Gasteiger partial charge >= 0.3 is 0 Å². The summed E-state index contributed by atoms with van der Waals surface area (Å²) in [6.45, 7) is 4.27. The Labute approximate surface area is 158 Å². The zero-order valence-electron chi connectivity index (χ0n) is 15.0. The molecule has 4 rings (SSSR count). The molecule has 2 heterocycles. The summed E-state index contributed by atoms with van der Waals surface area (Å²) in [5.74, 6) is -0.0638. The maximum Gasteiger partial charge on any atom is 0.261 e. The number of aryl methyl sites for hydroxylation is 1. The monoisotopic (exact) mass is 386 g/mol. The van der Waals surface area contributed by atoms with Crippen LogP contribution in [0.4, 0.5) is 17.1 Å². The number of rotatable bonds is 3. The van der Waals surface area contributed by atoms with Gasteiger partial charge in [-0.1, -0.05) is 12.1 Å². The van der Waals surface area contributed by atoms with Crippen LogP contribution in [0.3, 0.4) is 0 Å². The first kappa shape index (κ1) is 17.8. The van der Waals surface area contributed by atoms with Gasteiger partial charge in [-0.2, -0.15) is 0 Å². The number of hydrogen-bond acceptors (Lipinski definition) is 5. The number of hydrogen-bond donors (Lipinski definition) is 3. The molecule has 2 aliphatic heterocycles. The van der Waals surface area contributed by atoms with Gasteiger partial charge in [-0.3, -0.25) is 9.52 Å². The zero-order chi connectivity index (χ0) is 19.0. The van der Waals surface area contributed by atoms with Crippen molar-refractivity contribution in [3.05, 3.63) is 48.0 Å². The Bertz CT molecular complexity index is 990. The molecule has 0 radical (unpaired) electrons. The molecule has 0 bridgehead atoms. The van der Waals surface area contributed by atoms with Crippen molar-refractivity contribution >= 4 is 33.0 Å². The van der Waals surface area contributed by atoms with E-state index >= 15 is 0 Å². The van der Waals surface area contributed by atoms with Gasteiger partial charge in [0.05, 0.1) is 28.0 Å². The number of fused-ring (bicyclic) bond motifs is 3. The van der Waals surface area contributed by atoms with Crippen LogP contribution in [-0.4, -0.2) is 40.0 Å². The van der Waals surface area contributed by atoms with Crippen molar-refractivity contribution in [2.75, 3.05) is 34.6 Å². The van der Waals surface area contributed by atoms with Crippen molar-refractivity contribution in [2.24, 2.45) is 0 Å². The van der Waals surface area contributed by atoms with Gasteiger partial charge in [-0.15, -0.1) is 0 Å². The fraction of sp³-hybridized carbons (Fsp3) is 0.316. The van der Waals surface area contributed by atoms with E-state index in [-0.39, 0.29) is 16.8 Å². The van der Waals surface area contributed by atoms with Gasteiger partial charge in [-0.05, 0) is 42.8 Å². The van der Waals surface area contributed by atoms with Gasteiger partial charge in [0, 0.05) is 26.1 Å². The molecule has 8 heteroatoms. The molecule has 0 aromatic heterocycles. The SMILES string of the molecule is Cc1cccc(S(=O)(=O)Nc2ccc3c(c2)NC(=O)CC2CNCCN32)c1. The fourth-order valence-electron chi connectivity index (χ4n) is 3.62. The normalized spacial score (nSPS) is 19.5. The molecule has 1 unspecified atom stereocenters. The van der Waals surface area contributed by atoms with Gasteiger partial charge in [-0.25, -0.2) is 8.42 Å². The molecule has 1 saturated heterocycles. The van der Waals surface area contributed by atoms with Crippen LogP contribution in [0.1, 0.15) is 12.0 Å². The summed E-state index contributed by atoms with van der Waals surface area (Å²) in [7, 11) is -3.69. The van der Waals surface area contributed by atoms with Crippen LogP contribution in [-0.2, 0) is 14.8 Å². The number of nitrogens with zero attached hydrogens (tertiary/aromatic N) is 1. The highest BCUT2D eigenvalue weighted by Crippen LogP contribution is 2.34. The molecule has 2 aliphatic rings. The van der Waals surface area contributed by atoms with Gasteiger partial charge in [0.2, 0.25) is 5.91 Å². The molecule has 2 aromatic rings. The number of carbonyl (C=O) groups excluding carboxylic acids is 1. The Morgan fingerprint density at radius 3 is 2.85 bits per heavy atom. The first-order valence-electron chi connectivity index (χ1n) is 8.93. The molecule has 1 atom stereocenters. The Balaban J connectivity index is 1.65. The van der Waals surface area contributed by atoms with E-state index in [1.807, 2.05) is 19.1 Å². The number of amides is 1. The molecule has 0 aliphatic carbocycles. The molecule has 1 amide bonds. The number of sulfonamides is 1. The van der Waals surface area contributed by atoms with E-state index < -0.39 is 10.0 Å². The minimum Gasteiger partial charge on any atom is -0.364 e. The van der Waals surface area contributed by atoms with Crippen molar-refractivity contribution in [2.45, 2.75) is 24.3 Å². The van der Waals surface area contributed by atoms with Crippen LogP contribution in [0, 0.1) is 6.92 Å². The topological polar surface area (TPSA) is 90.5 Å². The standard InChI is InChI=1S/C19H22N4O3S/c1-13-3-2-4-16(9-13)27(25,26)22-14-5-6-18-17(10-14)21-19(24)11-15-12-20-7-8-23(15)18/h2-6,9-10,15,20,22H,7-8,11-12H2,1H3,(H,21,24). The minimum absolute atomic E-state index is 0.0638. The number of piperazine rings is 1. The van der Waals surface area contributed by atoms with Crippen LogP contribution in [0.2, 0.25) is 0 Å². The Kier molecular flexibility index (Phi) is 4.53. The lowest BCUT2D eigenvalue weighted by atomic mass is 10.1. The first-order valence-corrected chi connectivity index (χ1v) is 10.4. The summed E-state index contributed by atoms with van der Waals surface area (Å²) in [6.07, 6.45) is 0.409. The van der Waals surface area contributed by atoms with Gasteiger partial charge in [0.15, 0.2) is 0 Å². The van der Waals surface area contributed by atoms with Crippen molar-refractivity contribution in [3.8, 4) is 0 Å². The summed E-state index contributed by atoms with van der Waals surface area (Å²) in [6, 6.07) is 12.1. The lowest BCUT2D eigenvalue weighted by molar-refractivity contribution is -0.116. The smallest absolute Gasteiger partial charge is 0.261 e. The van der Waals surface area contributed by atoms with E-state index in [9.17, 15) is 13.2 Å². The van der Waals surface area contributed by atoms with Crippen LogP contribution < -0.4 is 20.3 Å². The molecule has 142 valence electrons. The zero-order valence-corrected chi connectivity index (χ0v) is 15.8. The molecule has 2 aromatic carbocycles. The van der Waals surface area contributed by atoms with E-state index in [2.05, 4.69) is 20.3 Å². The highest BCUT2D eigenvalue weighted by Gasteiger charge is 2.30. The Hall–Kier alpha value is -2.58. The largest absolute Gasteiger partial charge is 0.364 e. The van der Waals surface area contributed by atoms with E-state index in [0.717, 1.165) is 30.9 Å². The van der Waals surface area contributed by atoms with Crippen molar-refractivity contribution in [1.29, 1.82) is 0 Å². The molecular formula is C19H22N4O3S. The van der Waals surface area contributed by atoms with E-state index in [1.54, 1.807) is 30.3 Å². The van der Waals surface area contributed by atoms with Gasteiger partial charge in [0.25, 0.3) is 10.0 Å². The first-order chi connectivity index (χ1) is 12.9. The lowest BCUT2D eigenvalue weighted by Gasteiger charge is -2.36. The van der Waals surface area contributed by atoms with Crippen LogP contribution >= 0.6 is 0 Å². The van der Waals surface area contributed by atoms with Crippen LogP contribution in [0.25, 0.3) is 0 Å². The summed E-state index contributed by atoms with van der Waals surface area (Å²) < 4.78 is 27.9. The second-order valence-corrected chi connectivity index (χ2v) is 8.64. The average Bonchev–Trinajstić information content (AvgIpc) is 2.76. The summed E-state index contributed by atoms with van der Waals surface area (Å²) in [4.78, 5) is 14.7. The fourth-order valence-corrected chi connectivity index (χ4v) is 4.78. The lowest BCUT2D eigenvalue weighted by Crippen LogP contribution is -2.51. The molecule has 7 nitrogen and oxygen atoms in total. The van der Waals surface area contributed by atoms with Crippen molar-refractivity contribution in [1.82, 2.24) is 5.32 Å². The molecule has 0 saturated carbocycles. The second-order valence-electron chi connectivity index (χ2n) is 6.96. The number of anilines is 3. The molecule has 27 heavy (non-hydrogen) atoms. The second kappa shape index (κ2) is 6.86. The predicted molar refractivity (Wildman–Crippen MR) is 106 cm³/mol. The van der Waals surface area contributed by atoms with E-state index in [4.69, 9.17) is 0 Å². The third kappa shape index (κ3) is 3.63. The molecule has 3 N–H and O–H groups in total. The minimum atomic E-state index is -3.69. The number of carbonyl (C=O) groups is 1. The number of nitrogens with one attached hydrogen (secondary N) is 3. The third-order valence-corrected chi connectivity index (χ3v) is 6.28. The van der Waals surface area contributed by atoms with Crippen LogP contribution in [0.5, 0.6) is 0 Å².